The number of piperidine rings is 1. The fourth-order valence-corrected chi connectivity index (χ4v) is 6.88. The Morgan fingerprint density at radius 2 is 1.63 bits per heavy atom. The molecule has 0 spiro atoms. The summed E-state index contributed by atoms with van der Waals surface area (Å²) in [6, 6.07) is 23.8. The van der Waals surface area contributed by atoms with E-state index in [4.69, 9.17) is 15.2 Å². The number of phenolic OH excluding ortho intramolecular Hbond substituents is 1. The molecule has 252 valence electrons. The van der Waals surface area contributed by atoms with Crippen LogP contribution < -0.4 is 15.2 Å². The first kappa shape index (κ1) is 34.7. The second-order valence-corrected chi connectivity index (χ2v) is 13.8. The molecule has 13 heteroatoms. The van der Waals surface area contributed by atoms with Gasteiger partial charge in [0.25, 0.3) is 5.91 Å². The monoisotopic (exact) mass is 685 g/mol. The molecule has 1 unspecified atom stereocenters. The SMILES string of the molecule is C[N+]1(Cc2ccc(F)cc2)CCC/C(=[N+](\C(=O)Nc2ccc(OS(=O)(=O)c3ccc(C#N)cc3)cc2)[C@@H](Cc2ccc(O)cc2)C(N)=O)C1. The molecule has 1 fully saturated rings. The third kappa shape index (κ3) is 8.86. The van der Waals surface area contributed by atoms with Crippen LogP contribution in [0.25, 0.3) is 0 Å². The lowest BCUT2D eigenvalue weighted by Crippen LogP contribution is -2.56. The molecule has 1 aliphatic heterocycles. The van der Waals surface area contributed by atoms with Crippen LogP contribution in [0.15, 0.2) is 102 Å². The molecule has 4 N–H and O–H groups in total. The minimum absolute atomic E-state index is 0.00271. The predicted molar refractivity (Wildman–Crippen MR) is 180 cm³/mol. The van der Waals surface area contributed by atoms with Crippen LogP contribution in [0.5, 0.6) is 11.5 Å². The largest absolute Gasteiger partial charge is 0.508 e. The lowest BCUT2D eigenvalue weighted by molar-refractivity contribution is -0.918. The van der Waals surface area contributed by atoms with E-state index < -0.39 is 28.1 Å². The molecule has 0 aliphatic carbocycles. The number of aromatic hydroxyl groups is 1. The summed E-state index contributed by atoms with van der Waals surface area (Å²) >= 11 is 0. The molecule has 0 saturated carbocycles. The quantitative estimate of drug-likeness (QED) is 0.124. The average Bonchev–Trinajstić information content (AvgIpc) is 3.07. The highest BCUT2D eigenvalue weighted by Crippen LogP contribution is 2.24. The van der Waals surface area contributed by atoms with Crippen molar-refractivity contribution in [3.05, 3.63) is 120 Å². The highest BCUT2D eigenvalue weighted by atomic mass is 32.2. The standard InChI is InChI=1S/C36H34FN5O6S/c1-42(23-27-4-10-28(37)11-5-27)20-2-3-30(24-42)41(34(35(39)44)21-25-6-14-31(43)15-7-25)36(45)40-29-12-16-32(17-13-29)48-49(46,47)33-18-8-26(22-38)9-19-33/h4-19,34H,2-3,20-21,23-24H2,1H3,(H2-2,39,40,43,44,45)/p+2/b41-30+/t34-,42?/m0/s1. The van der Waals surface area contributed by atoms with Gasteiger partial charge in [0, 0.05) is 24.8 Å². The van der Waals surface area contributed by atoms with Gasteiger partial charge < -0.3 is 19.5 Å². The van der Waals surface area contributed by atoms with Crippen LogP contribution in [0.4, 0.5) is 14.9 Å². The number of nitrogens with two attached hydrogens (primary N) is 1. The summed E-state index contributed by atoms with van der Waals surface area (Å²) in [7, 11) is -2.14. The fourth-order valence-electron chi connectivity index (χ4n) is 5.95. The van der Waals surface area contributed by atoms with Gasteiger partial charge in [-0.15, -0.1) is 0 Å². The van der Waals surface area contributed by atoms with E-state index in [-0.39, 0.29) is 28.6 Å². The maximum atomic E-state index is 14.1. The number of halogens is 1. The van der Waals surface area contributed by atoms with Gasteiger partial charge in [0.1, 0.15) is 46.7 Å². The molecule has 1 heterocycles. The Bertz CT molecular complexity index is 2010. The van der Waals surface area contributed by atoms with Crippen molar-refractivity contribution in [1.82, 2.24) is 0 Å². The van der Waals surface area contributed by atoms with E-state index in [1.165, 1.54) is 77.4 Å². The van der Waals surface area contributed by atoms with Crippen LogP contribution in [0.3, 0.4) is 0 Å². The Labute approximate surface area is 284 Å². The van der Waals surface area contributed by atoms with E-state index in [2.05, 4.69) is 5.32 Å². The van der Waals surface area contributed by atoms with E-state index in [1.54, 1.807) is 24.3 Å². The Morgan fingerprint density at radius 3 is 2.24 bits per heavy atom. The van der Waals surface area contributed by atoms with Gasteiger partial charge in [-0.25, -0.2) is 9.71 Å². The number of rotatable bonds is 10. The Morgan fingerprint density at radius 1 is 1.00 bits per heavy atom. The minimum Gasteiger partial charge on any atom is -0.508 e. The minimum atomic E-state index is -4.19. The number of hydrogen-bond acceptors (Lipinski definition) is 7. The molecule has 3 amide bonds. The number of likely N-dealkylation sites (tertiary alicyclic amines) is 1. The number of carbonyl (C=O) groups excluding carboxylic acids is 2. The maximum absolute atomic E-state index is 14.1. The average molecular weight is 686 g/mol. The first-order chi connectivity index (χ1) is 23.3. The summed E-state index contributed by atoms with van der Waals surface area (Å²) < 4.78 is 46.3. The van der Waals surface area contributed by atoms with Crippen molar-refractivity contribution in [2.45, 2.75) is 36.7 Å². The zero-order valence-corrected chi connectivity index (χ0v) is 27.6. The summed E-state index contributed by atoms with van der Waals surface area (Å²) in [5, 5.41) is 21.6. The normalized spacial score (nSPS) is 17.7. The Balaban J connectivity index is 1.42. The van der Waals surface area contributed by atoms with Crippen molar-refractivity contribution >= 4 is 33.5 Å². The van der Waals surface area contributed by atoms with Crippen molar-refractivity contribution in [3.8, 4) is 17.6 Å². The van der Waals surface area contributed by atoms with Crippen LogP contribution in [0, 0.1) is 17.1 Å². The highest BCUT2D eigenvalue weighted by Gasteiger charge is 2.39. The third-order valence-electron chi connectivity index (χ3n) is 8.35. The van der Waals surface area contributed by atoms with Gasteiger partial charge in [-0.1, -0.05) is 24.3 Å². The summed E-state index contributed by atoms with van der Waals surface area (Å²) in [4.78, 5) is 27.0. The number of benzene rings is 4. The summed E-state index contributed by atoms with van der Waals surface area (Å²) in [6.45, 7) is 1.79. The van der Waals surface area contributed by atoms with Crippen molar-refractivity contribution in [2.75, 3.05) is 25.5 Å². The van der Waals surface area contributed by atoms with E-state index in [0.717, 1.165) is 18.5 Å². The lowest BCUT2D eigenvalue weighted by atomic mass is 10.0. The molecule has 2 atom stereocenters. The van der Waals surface area contributed by atoms with Crippen LogP contribution in [-0.4, -0.2) is 66.4 Å². The van der Waals surface area contributed by atoms with E-state index in [1.807, 2.05) is 13.1 Å². The molecule has 4 aromatic rings. The van der Waals surface area contributed by atoms with E-state index in [0.29, 0.717) is 46.5 Å². The predicted octanol–water partition coefficient (Wildman–Crippen LogP) is 4.69. The van der Waals surface area contributed by atoms with E-state index in [9.17, 15) is 27.5 Å². The van der Waals surface area contributed by atoms with E-state index >= 15 is 0 Å². The molecule has 5 rings (SSSR count). The molecule has 1 saturated heterocycles. The summed E-state index contributed by atoms with van der Waals surface area (Å²) in [5.41, 5.74) is 8.88. The summed E-state index contributed by atoms with van der Waals surface area (Å²) in [6.07, 6.45) is 1.35. The van der Waals surface area contributed by atoms with Gasteiger partial charge >= 0.3 is 16.1 Å². The molecule has 1 aliphatic rings. The molecule has 11 nitrogen and oxygen atoms in total. The number of anilines is 1. The topological polar surface area (TPSA) is 163 Å². The van der Waals surface area contributed by atoms with Crippen molar-refractivity contribution in [1.29, 1.82) is 5.26 Å². The molecule has 0 bridgehead atoms. The second-order valence-electron chi connectivity index (χ2n) is 12.2. The van der Waals surface area contributed by atoms with Crippen molar-refractivity contribution < 1.29 is 40.7 Å². The Kier molecular flexibility index (Phi) is 10.4. The van der Waals surface area contributed by atoms with Crippen molar-refractivity contribution in [3.63, 3.8) is 0 Å². The first-order valence-corrected chi connectivity index (χ1v) is 16.9. The van der Waals surface area contributed by atoms with Gasteiger partial charge in [0.05, 0.1) is 25.2 Å². The maximum Gasteiger partial charge on any atom is 0.496 e. The number of nitrogens with one attached hydrogen (secondary N) is 1. The lowest BCUT2D eigenvalue weighted by Gasteiger charge is -2.38. The zero-order valence-electron chi connectivity index (χ0n) is 26.8. The molecule has 49 heavy (non-hydrogen) atoms. The number of phenols is 1. The number of amides is 3. The fraction of sp³-hybridized carbons (Fsp3) is 0.222. The first-order valence-electron chi connectivity index (χ1n) is 15.5. The molecular formula is C36H36FN5O6S+2. The molecular weight excluding hydrogens is 649 g/mol. The molecule has 0 radical (unpaired) electrons. The smallest absolute Gasteiger partial charge is 0.496 e. The van der Waals surface area contributed by atoms with Crippen LogP contribution in [0.1, 0.15) is 29.5 Å². The molecule has 0 aromatic heterocycles. The molecule has 4 aromatic carbocycles. The number of nitrogens with zero attached hydrogens (tertiary/aromatic N) is 3. The van der Waals surface area contributed by atoms with Crippen molar-refractivity contribution in [2.24, 2.45) is 5.73 Å². The van der Waals surface area contributed by atoms with Gasteiger partial charge in [0.2, 0.25) is 0 Å². The number of quaternary nitrogens is 1. The zero-order chi connectivity index (χ0) is 35.2. The number of urea groups is 1. The number of primary amides is 1. The van der Waals surface area contributed by atoms with Gasteiger partial charge in [-0.3, -0.25) is 4.79 Å². The number of hydrogen-bond donors (Lipinski definition) is 3. The van der Waals surface area contributed by atoms with Crippen LogP contribution in [-0.2, 0) is 27.9 Å². The highest BCUT2D eigenvalue weighted by molar-refractivity contribution is 7.87. The van der Waals surface area contributed by atoms with Gasteiger partial charge in [-0.2, -0.15) is 23.0 Å². The van der Waals surface area contributed by atoms with Crippen LogP contribution >= 0.6 is 0 Å². The van der Waals surface area contributed by atoms with Gasteiger partial charge in [0.15, 0.2) is 6.04 Å². The summed E-state index contributed by atoms with van der Waals surface area (Å²) in [5.74, 6) is -0.990. The Hall–Kier alpha value is -5.58. The third-order valence-corrected chi connectivity index (χ3v) is 9.62. The number of carbonyl (C=O) groups is 2. The second kappa shape index (κ2) is 14.7. The number of nitriles is 1. The van der Waals surface area contributed by atoms with Gasteiger partial charge in [-0.05, 0) is 78.4 Å². The van der Waals surface area contributed by atoms with Crippen LogP contribution in [0.2, 0.25) is 0 Å².